The van der Waals surface area contributed by atoms with Gasteiger partial charge in [-0.2, -0.15) is 0 Å². The van der Waals surface area contributed by atoms with Crippen LogP contribution in [-0.2, 0) is 19.1 Å². The van der Waals surface area contributed by atoms with Crippen molar-refractivity contribution < 1.29 is 23.9 Å². The average Bonchev–Trinajstić information content (AvgIpc) is 2.74. The summed E-state index contributed by atoms with van der Waals surface area (Å²) in [5.41, 5.74) is -0.389. The van der Waals surface area contributed by atoms with Gasteiger partial charge in [0.15, 0.2) is 11.7 Å². The fraction of sp³-hybridized carbons (Fsp3) is 0.471. The Hall–Kier alpha value is -1.69. The predicted molar refractivity (Wildman–Crippen MR) is 86.8 cm³/mol. The number of benzene rings is 1. The van der Waals surface area contributed by atoms with Gasteiger partial charge in [-0.05, 0) is 26.0 Å². The van der Waals surface area contributed by atoms with E-state index in [1.807, 2.05) is 0 Å². The molecule has 3 atom stereocenters. The minimum atomic E-state index is -1.08. The SMILES string of the molecule is COC(=O)[C@@H]1C(=O)OC(C)(C)[C@@H]1[C@@H](C)C(=O)c1ccc(Br)cc1. The first-order valence-electron chi connectivity index (χ1n) is 7.29. The summed E-state index contributed by atoms with van der Waals surface area (Å²) in [4.78, 5) is 36.8. The van der Waals surface area contributed by atoms with Gasteiger partial charge in [0.2, 0.25) is 0 Å². The number of hydrogen-bond acceptors (Lipinski definition) is 5. The zero-order valence-corrected chi connectivity index (χ0v) is 15.0. The van der Waals surface area contributed by atoms with Crippen molar-refractivity contribution in [3.63, 3.8) is 0 Å². The van der Waals surface area contributed by atoms with Crippen molar-refractivity contribution >= 4 is 33.7 Å². The standard InChI is InChI=1S/C17H19BrO5/c1-9(14(19)10-5-7-11(18)8-6-10)13-12(15(20)22-4)16(21)23-17(13,2)3/h5-9,12-13H,1-4H3/t9-,12-,13-/m1/s1. The van der Waals surface area contributed by atoms with Gasteiger partial charge in [0.05, 0.1) is 7.11 Å². The molecule has 1 aromatic rings. The third-order valence-electron chi connectivity index (χ3n) is 4.32. The molecule has 0 radical (unpaired) electrons. The van der Waals surface area contributed by atoms with Gasteiger partial charge in [-0.15, -0.1) is 0 Å². The number of halogens is 1. The number of ether oxygens (including phenoxy) is 2. The third kappa shape index (κ3) is 3.32. The fourth-order valence-corrected chi connectivity index (χ4v) is 3.50. The number of ketones is 1. The molecule has 0 aliphatic carbocycles. The van der Waals surface area contributed by atoms with Crippen LogP contribution in [0.3, 0.4) is 0 Å². The highest BCUT2D eigenvalue weighted by Gasteiger charge is 2.57. The topological polar surface area (TPSA) is 69.7 Å². The van der Waals surface area contributed by atoms with Crippen LogP contribution in [0.15, 0.2) is 28.7 Å². The maximum absolute atomic E-state index is 12.8. The number of hydrogen-bond donors (Lipinski definition) is 0. The minimum absolute atomic E-state index is 0.136. The van der Waals surface area contributed by atoms with E-state index in [0.717, 1.165) is 4.47 Å². The number of rotatable bonds is 4. The fourth-order valence-electron chi connectivity index (χ4n) is 3.24. The Bertz CT molecular complexity index is 635. The highest BCUT2D eigenvalue weighted by atomic mass is 79.9. The van der Waals surface area contributed by atoms with E-state index in [0.29, 0.717) is 5.56 Å². The molecular weight excluding hydrogens is 364 g/mol. The molecule has 0 N–H and O–H groups in total. The van der Waals surface area contributed by atoms with E-state index in [4.69, 9.17) is 9.47 Å². The summed E-state index contributed by atoms with van der Waals surface area (Å²) < 4.78 is 10.9. The minimum Gasteiger partial charge on any atom is -0.468 e. The lowest BCUT2D eigenvalue weighted by Gasteiger charge is -2.30. The number of cyclic esters (lactones) is 1. The molecule has 0 amide bonds. The lowest BCUT2D eigenvalue weighted by molar-refractivity contribution is -0.156. The number of esters is 2. The maximum atomic E-state index is 12.8. The van der Waals surface area contributed by atoms with Crippen molar-refractivity contribution in [1.29, 1.82) is 0 Å². The van der Waals surface area contributed by atoms with Gasteiger partial charge in [-0.1, -0.05) is 35.0 Å². The Morgan fingerprint density at radius 2 is 1.83 bits per heavy atom. The van der Waals surface area contributed by atoms with Crippen LogP contribution >= 0.6 is 15.9 Å². The Kier molecular flexibility index (Phi) is 4.94. The maximum Gasteiger partial charge on any atom is 0.321 e. The van der Waals surface area contributed by atoms with Crippen LogP contribution in [0, 0.1) is 17.8 Å². The van der Waals surface area contributed by atoms with Gasteiger partial charge in [-0.3, -0.25) is 14.4 Å². The largest absolute Gasteiger partial charge is 0.468 e. The molecule has 1 saturated heterocycles. The summed E-state index contributed by atoms with van der Waals surface area (Å²) in [5.74, 6) is -3.67. The van der Waals surface area contributed by atoms with E-state index >= 15 is 0 Å². The Morgan fingerprint density at radius 1 is 1.26 bits per heavy atom. The Labute approximate surface area is 143 Å². The van der Waals surface area contributed by atoms with Crippen molar-refractivity contribution in [1.82, 2.24) is 0 Å². The lowest BCUT2D eigenvalue weighted by Crippen LogP contribution is -2.41. The van der Waals surface area contributed by atoms with E-state index in [2.05, 4.69) is 15.9 Å². The van der Waals surface area contributed by atoms with Gasteiger partial charge in [0, 0.05) is 21.9 Å². The van der Waals surface area contributed by atoms with Crippen molar-refractivity contribution in [3.05, 3.63) is 34.3 Å². The van der Waals surface area contributed by atoms with E-state index in [1.54, 1.807) is 45.0 Å². The van der Waals surface area contributed by atoms with E-state index in [9.17, 15) is 14.4 Å². The molecule has 0 aromatic heterocycles. The molecule has 5 nitrogen and oxygen atoms in total. The van der Waals surface area contributed by atoms with Crippen LogP contribution in [-0.4, -0.2) is 30.4 Å². The molecule has 1 fully saturated rings. The Balaban J connectivity index is 2.35. The monoisotopic (exact) mass is 382 g/mol. The quantitative estimate of drug-likeness (QED) is 0.454. The first kappa shape index (κ1) is 17.7. The second-order valence-electron chi connectivity index (χ2n) is 6.21. The zero-order valence-electron chi connectivity index (χ0n) is 13.5. The summed E-state index contributed by atoms with van der Waals surface area (Å²) in [5, 5.41) is 0. The van der Waals surface area contributed by atoms with Gasteiger partial charge < -0.3 is 9.47 Å². The number of carbonyl (C=O) groups is 3. The van der Waals surface area contributed by atoms with E-state index in [1.165, 1.54) is 7.11 Å². The molecule has 23 heavy (non-hydrogen) atoms. The van der Waals surface area contributed by atoms with E-state index < -0.39 is 35.3 Å². The molecule has 0 bridgehead atoms. The van der Waals surface area contributed by atoms with Crippen LogP contribution in [0.5, 0.6) is 0 Å². The first-order valence-corrected chi connectivity index (χ1v) is 8.09. The molecule has 1 heterocycles. The smallest absolute Gasteiger partial charge is 0.321 e. The van der Waals surface area contributed by atoms with Gasteiger partial charge in [0.25, 0.3) is 0 Å². The first-order chi connectivity index (χ1) is 10.7. The number of carbonyl (C=O) groups excluding carboxylic acids is 3. The molecule has 0 saturated carbocycles. The zero-order chi connectivity index (χ0) is 17.4. The number of Topliss-reactive ketones (excluding diaryl/α,β-unsaturated/α-hetero) is 1. The molecule has 0 spiro atoms. The second-order valence-corrected chi connectivity index (χ2v) is 7.13. The van der Waals surface area contributed by atoms with Crippen LogP contribution in [0.2, 0.25) is 0 Å². The lowest BCUT2D eigenvalue weighted by atomic mass is 9.72. The normalized spacial score (nSPS) is 24.0. The third-order valence-corrected chi connectivity index (χ3v) is 4.84. The number of methoxy groups -OCH3 is 1. The molecule has 124 valence electrons. The van der Waals surface area contributed by atoms with Crippen molar-refractivity contribution in [3.8, 4) is 0 Å². The molecule has 6 heteroatoms. The van der Waals surface area contributed by atoms with Gasteiger partial charge in [0.1, 0.15) is 5.60 Å². The van der Waals surface area contributed by atoms with Crippen LogP contribution in [0.1, 0.15) is 31.1 Å². The Morgan fingerprint density at radius 3 is 2.35 bits per heavy atom. The predicted octanol–water partition coefficient (Wildman–Crippen LogP) is 3.01. The van der Waals surface area contributed by atoms with Crippen molar-refractivity contribution in [2.45, 2.75) is 26.4 Å². The summed E-state index contributed by atoms with van der Waals surface area (Å²) in [7, 11) is 1.22. The van der Waals surface area contributed by atoms with Crippen molar-refractivity contribution in [2.75, 3.05) is 7.11 Å². The summed E-state index contributed by atoms with van der Waals surface area (Å²) in [6.45, 7) is 5.14. The second kappa shape index (κ2) is 6.43. The van der Waals surface area contributed by atoms with E-state index in [-0.39, 0.29) is 5.78 Å². The highest BCUT2D eigenvalue weighted by molar-refractivity contribution is 9.10. The molecule has 0 unspecified atom stereocenters. The van der Waals surface area contributed by atoms with Crippen molar-refractivity contribution in [2.24, 2.45) is 17.8 Å². The van der Waals surface area contributed by atoms with Crippen LogP contribution in [0.4, 0.5) is 0 Å². The summed E-state index contributed by atoms with van der Waals surface area (Å²) in [6.07, 6.45) is 0. The molecule has 1 aromatic carbocycles. The highest BCUT2D eigenvalue weighted by Crippen LogP contribution is 2.43. The molecule has 2 rings (SSSR count). The average molecular weight is 383 g/mol. The molecule has 1 aliphatic heterocycles. The van der Waals surface area contributed by atoms with Gasteiger partial charge >= 0.3 is 11.9 Å². The van der Waals surface area contributed by atoms with Gasteiger partial charge in [-0.25, -0.2) is 0 Å². The summed E-state index contributed by atoms with van der Waals surface area (Å²) in [6, 6.07) is 6.97. The van der Waals surface area contributed by atoms with Crippen LogP contribution in [0.25, 0.3) is 0 Å². The molecular formula is C17H19BrO5. The van der Waals surface area contributed by atoms with Crippen LogP contribution < -0.4 is 0 Å². The summed E-state index contributed by atoms with van der Waals surface area (Å²) >= 11 is 3.32. The molecule has 1 aliphatic rings.